The lowest BCUT2D eigenvalue weighted by Crippen LogP contribution is -2.18. The number of aliphatic carboxylic acids is 1. The highest BCUT2D eigenvalue weighted by molar-refractivity contribution is 6.34. The maximum atomic E-state index is 12.1. The van der Waals surface area contributed by atoms with Gasteiger partial charge in [0.2, 0.25) is 11.8 Å². The van der Waals surface area contributed by atoms with E-state index in [0.29, 0.717) is 5.69 Å². The summed E-state index contributed by atoms with van der Waals surface area (Å²) in [6.45, 7) is 3.47. The smallest absolute Gasteiger partial charge is 0.307 e. The van der Waals surface area contributed by atoms with Gasteiger partial charge in [-0.05, 0) is 23.6 Å². The zero-order valence-corrected chi connectivity index (χ0v) is 12.3. The van der Waals surface area contributed by atoms with Crippen LogP contribution in [-0.4, -0.2) is 22.9 Å². The van der Waals surface area contributed by atoms with Crippen molar-refractivity contribution in [1.29, 1.82) is 0 Å². The predicted molar refractivity (Wildman–Crippen MR) is 77.0 cm³/mol. The SMILES string of the molecule is CC1(C)[C@H](C(=O)O)[C@H]1C(=O)Nc1ccc(C(N)=O)c(Cl)c1. The molecule has 1 aromatic rings. The largest absolute Gasteiger partial charge is 0.481 e. The third kappa shape index (κ3) is 2.71. The molecule has 4 N–H and O–H groups in total. The number of hydrogen-bond donors (Lipinski definition) is 3. The van der Waals surface area contributed by atoms with Crippen molar-refractivity contribution >= 4 is 35.1 Å². The average molecular weight is 311 g/mol. The van der Waals surface area contributed by atoms with Crippen LogP contribution in [0, 0.1) is 17.3 Å². The predicted octanol–water partition coefficient (Wildman–Crippen LogP) is 1.73. The van der Waals surface area contributed by atoms with Gasteiger partial charge in [-0.15, -0.1) is 0 Å². The summed E-state index contributed by atoms with van der Waals surface area (Å²) in [6, 6.07) is 4.31. The van der Waals surface area contributed by atoms with Gasteiger partial charge in [-0.1, -0.05) is 25.4 Å². The number of benzene rings is 1. The summed E-state index contributed by atoms with van der Waals surface area (Å²) < 4.78 is 0. The van der Waals surface area contributed by atoms with E-state index in [-0.39, 0.29) is 16.5 Å². The zero-order valence-electron chi connectivity index (χ0n) is 11.5. The first-order valence-electron chi connectivity index (χ1n) is 6.29. The molecule has 0 spiro atoms. The van der Waals surface area contributed by atoms with Crippen LogP contribution in [0.15, 0.2) is 18.2 Å². The zero-order chi connectivity index (χ0) is 15.9. The number of amides is 2. The van der Waals surface area contributed by atoms with E-state index in [2.05, 4.69) is 5.32 Å². The second kappa shape index (κ2) is 5.04. The number of carbonyl (C=O) groups is 3. The van der Waals surface area contributed by atoms with Crippen LogP contribution < -0.4 is 11.1 Å². The van der Waals surface area contributed by atoms with Crippen molar-refractivity contribution in [3.05, 3.63) is 28.8 Å². The molecular weight excluding hydrogens is 296 g/mol. The number of carboxylic acids is 1. The highest BCUT2D eigenvalue weighted by Crippen LogP contribution is 2.58. The lowest BCUT2D eigenvalue weighted by Gasteiger charge is -2.08. The van der Waals surface area contributed by atoms with E-state index >= 15 is 0 Å². The Kier molecular flexibility index (Phi) is 3.67. The number of primary amides is 1. The molecular formula is C14H15ClN2O4. The van der Waals surface area contributed by atoms with Gasteiger partial charge in [0.1, 0.15) is 0 Å². The molecule has 0 saturated heterocycles. The van der Waals surface area contributed by atoms with Crippen LogP contribution in [0.1, 0.15) is 24.2 Å². The summed E-state index contributed by atoms with van der Waals surface area (Å²) >= 11 is 5.89. The number of rotatable bonds is 4. The summed E-state index contributed by atoms with van der Waals surface area (Å²) in [5, 5.41) is 11.8. The minimum atomic E-state index is -0.984. The van der Waals surface area contributed by atoms with Crippen LogP contribution in [-0.2, 0) is 9.59 Å². The number of anilines is 1. The Balaban J connectivity index is 2.13. The van der Waals surface area contributed by atoms with Gasteiger partial charge in [-0.3, -0.25) is 14.4 Å². The monoisotopic (exact) mass is 310 g/mol. The Morgan fingerprint density at radius 2 is 1.90 bits per heavy atom. The van der Waals surface area contributed by atoms with Gasteiger partial charge in [-0.2, -0.15) is 0 Å². The van der Waals surface area contributed by atoms with Crippen LogP contribution in [0.2, 0.25) is 5.02 Å². The first kappa shape index (κ1) is 15.3. The van der Waals surface area contributed by atoms with Crippen molar-refractivity contribution < 1.29 is 19.5 Å². The fourth-order valence-corrected chi connectivity index (χ4v) is 2.87. The molecule has 2 amide bonds. The molecule has 1 aromatic carbocycles. The van der Waals surface area contributed by atoms with Gasteiger partial charge < -0.3 is 16.2 Å². The molecule has 2 atom stereocenters. The van der Waals surface area contributed by atoms with Crippen molar-refractivity contribution in [2.75, 3.05) is 5.32 Å². The van der Waals surface area contributed by atoms with Crippen LogP contribution in [0.25, 0.3) is 0 Å². The molecule has 0 unspecified atom stereocenters. The topological polar surface area (TPSA) is 109 Å². The summed E-state index contributed by atoms with van der Waals surface area (Å²) in [7, 11) is 0. The number of hydrogen-bond acceptors (Lipinski definition) is 3. The van der Waals surface area contributed by atoms with Gasteiger partial charge in [-0.25, -0.2) is 0 Å². The van der Waals surface area contributed by atoms with Crippen molar-refractivity contribution in [2.24, 2.45) is 23.0 Å². The molecule has 112 valence electrons. The van der Waals surface area contributed by atoms with E-state index in [1.54, 1.807) is 13.8 Å². The molecule has 0 heterocycles. The number of nitrogens with one attached hydrogen (secondary N) is 1. The van der Waals surface area contributed by atoms with Gasteiger partial charge in [0, 0.05) is 5.69 Å². The van der Waals surface area contributed by atoms with E-state index in [0.717, 1.165) is 0 Å². The maximum Gasteiger partial charge on any atom is 0.307 e. The van der Waals surface area contributed by atoms with Crippen molar-refractivity contribution in [2.45, 2.75) is 13.8 Å². The quantitative estimate of drug-likeness (QED) is 0.786. The lowest BCUT2D eigenvalue weighted by molar-refractivity contribution is -0.140. The Hall–Kier alpha value is -2.08. The highest BCUT2D eigenvalue weighted by atomic mass is 35.5. The number of carboxylic acid groups (broad SMARTS) is 1. The Morgan fingerprint density at radius 3 is 2.33 bits per heavy atom. The summed E-state index contributed by atoms with van der Waals surface area (Å²) in [5.74, 6) is -3.31. The Labute approximate surface area is 126 Å². The first-order chi connectivity index (χ1) is 9.66. The molecule has 0 aromatic heterocycles. The van der Waals surface area contributed by atoms with Crippen LogP contribution >= 0.6 is 11.6 Å². The maximum absolute atomic E-state index is 12.1. The third-order valence-electron chi connectivity index (χ3n) is 3.88. The highest BCUT2D eigenvalue weighted by Gasteiger charge is 2.65. The Bertz CT molecular complexity index is 642. The van der Waals surface area contributed by atoms with E-state index in [4.69, 9.17) is 22.4 Å². The van der Waals surface area contributed by atoms with E-state index in [9.17, 15) is 14.4 Å². The fraction of sp³-hybridized carbons (Fsp3) is 0.357. The molecule has 0 bridgehead atoms. The van der Waals surface area contributed by atoms with Gasteiger partial charge in [0.25, 0.3) is 0 Å². The second-order valence-corrected chi connectivity index (χ2v) is 6.07. The number of carbonyl (C=O) groups excluding carboxylic acids is 2. The minimum Gasteiger partial charge on any atom is -0.481 e. The second-order valence-electron chi connectivity index (χ2n) is 5.66. The normalized spacial score (nSPS) is 22.4. The Morgan fingerprint density at radius 1 is 1.29 bits per heavy atom. The minimum absolute atomic E-state index is 0.130. The standard InChI is InChI=1S/C14H15ClN2O4/c1-14(2)9(10(14)13(20)21)12(19)17-6-3-4-7(11(16)18)8(15)5-6/h3-5,9-10H,1-2H3,(H2,16,18)(H,17,19)(H,20,21)/t9-,10-/m0/s1. The third-order valence-corrected chi connectivity index (χ3v) is 4.19. The lowest BCUT2D eigenvalue weighted by atomic mass is 10.1. The van der Waals surface area contributed by atoms with Gasteiger partial charge in [0.05, 0.1) is 22.4 Å². The van der Waals surface area contributed by atoms with Crippen molar-refractivity contribution in [3.63, 3.8) is 0 Å². The van der Waals surface area contributed by atoms with Gasteiger partial charge in [0.15, 0.2) is 0 Å². The molecule has 6 nitrogen and oxygen atoms in total. The van der Waals surface area contributed by atoms with E-state index < -0.39 is 29.1 Å². The van der Waals surface area contributed by atoms with Crippen molar-refractivity contribution in [3.8, 4) is 0 Å². The molecule has 0 aliphatic heterocycles. The molecule has 1 fully saturated rings. The van der Waals surface area contributed by atoms with Crippen molar-refractivity contribution in [1.82, 2.24) is 0 Å². The summed E-state index contributed by atoms with van der Waals surface area (Å²) in [4.78, 5) is 34.3. The van der Waals surface area contributed by atoms with Crippen LogP contribution in [0.5, 0.6) is 0 Å². The summed E-state index contributed by atoms with van der Waals surface area (Å²) in [6.07, 6.45) is 0. The number of halogens is 1. The molecule has 21 heavy (non-hydrogen) atoms. The number of nitrogens with two attached hydrogens (primary N) is 1. The first-order valence-corrected chi connectivity index (χ1v) is 6.67. The molecule has 7 heteroatoms. The summed E-state index contributed by atoms with van der Waals surface area (Å²) in [5.41, 5.74) is 5.11. The van der Waals surface area contributed by atoms with Crippen LogP contribution in [0.3, 0.4) is 0 Å². The average Bonchev–Trinajstić information content (AvgIpc) is 2.92. The van der Waals surface area contributed by atoms with Crippen LogP contribution in [0.4, 0.5) is 5.69 Å². The molecule has 1 saturated carbocycles. The molecule has 0 radical (unpaired) electrons. The van der Waals surface area contributed by atoms with Gasteiger partial charge >= 0.3 is 5.97 Å². The fourth-order valence-electron chi connectivity index (χ4n) is 2.60. The van der Waals surface area contributed by atoms with E-state index in [1.807, 2.05) is 0 Å². The molecule has 1 aliphatic carbocycles. The molecule has 1 aliphatic rings. The molecule has 2 rings (SSSR count). The van der Waals surface area contributed by atoms with E-state index in [1.165, 1.54) is 18.2 Å².